The summed E-state index contributed by atoms with van der Waals surface area (Å²) in [5.74, 6) is -1.23. The van der Waals surface area contributed by atoms with Gasteiger partial charge in [-0.2, -0.15) is 0 Å². The second kappa shape index (κ2) is 7.93. The summed E-state index contributed by atoms with van der Waals surface area (Å²) in [6, 6.07) is 6.45. The normalized spacial score (nSPS) is 9.85. The van der Waals surface area contributed by atoms with Crippen LogP contribution in [0.15, 0.2) is 24.3 Å². The Labute approximate surface area is 116 Å². The van der Waals surface area contributed by atoms with Crippen LogP contribution in [-0.4, -0.2) is 36.5 Å². The van der Waals surface area contributed by atoms with Crippen molar-refractivity contribution in [3.8, 4) is 5.75 Å². The lowest BCUT2D eigenvalue weighted by Crippen LogP contribution is -2.14. The first-order chi connectivity index (χ1) is 9.52. The monoisotopic (exact) mass is 280 g/mol. The summed E-state index contributed by atoms with van der Waals surface area (Å²) < 4.78 is 9.75. The minimum atomic E-state index is -0.966. The first kappa shape index (κ1) is 15.7. The van der Waals surface area contributed by atoms with E-state index >= 15 is 0 Å². The highest BCUT2D eigenvalue weighted by Crippen LogP contribution is 2.12. The van der Waals surface area contributed by atoms with Crippen molar-refractivity contribution in [1.29, 1.82) is 0 Å². The molecule has 0 aliphatic carbocycles. The molecule has 0 radical (unpaired) electrons. The van der Waals surface area contributed by atoms with Crippen LogP contribution in [0.5, 0.6) is 5.75 Å². The van der Waals surface area contributed by atoms with Crippen molar-refractivity contribution in [2.75, 3.05) is 13.7 Å². The number of carboxylic acids is 1. The molecule has 108 valence electrons. The summed E-state index contributed by atoms with van der Waals surface area (Å²) in [5, 5.41) is 8.42. The van der Waals surface area contributed by atoms with Crippen LogP contribution in [0.1, 0.15) is 29.6 Å². The molecule has 0 saturated carbocycles. The van der Waals surface area contributed by atoms with Gasteiger partial charge in [0.1, 0.15) is 5.75 Å². The molecular weight excluding hydrogens is 264 g/mol. The number of esters is 1. The maximum Gasteiger partial charge on any atom is 0.306 e. The molecule has 0 spiro atoms. The van der Waals surface area contributed by atoms with Crippen LogP contribution >= 0.6 is 0 Å². The van der Waals surface area contributed by atoms with Gasteiger partial charge in [0.15, 0.2) is 12.4 Å². The molecule has 0 amide bonds. The van der Waals surface area contributed by atoms with Crippen molar-refractivity contribution >= 4 is 17.7 Å². The molecule has 1 aromatic rings. The second-order valence-corrected chi connectivity index (χ2v) is 4.06. The fraction of sp³-hybridized carbons (Fsp3) is 0.357. The van der Waals surface area contributed by atoms with Crippen molar-refractivity contribution in [3.63, 3.8) is 0 Å². The van der Waals surface area contributed by atoms with E-state index in [-0.39, 0.29) is 31.7 Å². The molecule has 1 N–H and O–H groups in total. The van der Waals surface area contributed by atoms with Crippen LogP contribution in [0.4, 0.5) is 0 Å². The van der Waals surface area contributed by atoms with Gasteiger partial charge in [0.2, 0.25) is 0 Å². The molecule has 1 aromatic carbocycles. The van der Waals surface area contributed by atoms with Gasteiger partial charge < -0.3 is 14.6 Å². The van der Waals surface area contributed by atoms with Crippen molar-refractivity contribution in [1.82, 2.24) is 0 Å². The van der Waals surface area contributed by atoms with E-state index in [0.29, 0.717) is 11.3 Å². The van der Waals surface area contributed by atoms with Crippen molar-refractivity contribution in [2.45, 2.75) is 19.3 Å². The van der Waals surface area contributed by atoms with Crippen LogP contribution in [0.25, 0.3) is 0 Å². The molecule has 0 saturated heterocycles. The van der Waals surface area contributed by atoms with Gasteiger partial charge in [-0.05, 0) is 30.7 Å². The van der Waals surface area contributed by atoms with Gasteiger partial charge in [0.05, 0.1) is 7.11 Å². The van der Waals surface area contributed by atoms with Gasteiger partial charge >= 0.3 is 11.9 Å². The standard InChI is InChI=1S/C14H16O6/c1-19-11-7-5-10(6-8-11)12(15)9-20-14(18)4-2-3-13(16)17/h5-8H,2-4,9H2,1H3,(H,16,17). The topological polar surface area (TPSA) is 89.9 Å². The quantitative estimate of drug-likeness (QED) is 0.575. The minimum absolute atomic E-state index is 0.0117. The van der Waals surface area contributed by atoms with Crippen LogP contribution in [0, 0.1) is 0 Å². The number of carbonyl (C=O) groups is 3. The number of aliphatic carboxylic acids is 1. The summed E-state index contributed by atoms with van der Waals surface area (Å²) in [6.45, 7) is -0.349. The lowest BCUT2D eigenvalue weighted by atomic mass is 10.1. The fourth-order valence-corrected chi connectivity index (χ4v) is 1.46. The Bertz CT molecular complexity index is 477. The largest absolute Gasteiger partial charge is 0.497 e. The van der Waals surface area contributed by atoms with E-state index in [0.717, 1.165) is 0 Å². The smallest absolute Gasteiger partial charge is 0.306 e. The molecule has 20 heavy (non-hydrogen) atoms. The Morgan fingerprint density at radius 3 is 2.30 bits per heavy atom. The number of ether oxygens (including phenoxy) is 2. The van der Waals surface area contributed by atoms with Gasteiger partial charge in [0, 0.05) is 18.4 Å². The van der Waals surface area contributed by atoms with Crippen molar-refractivity contribution < 1.29 is 29.0 Å². The Balaban J connectivity index is 2.34. The van der Waals surface area contributed by atoms with Gasteiger partial charge in [-0.15, -0.1) is 0 Å². The number of methoxy groups -OCH3 is 1. The lowest BCUT2D eigenvalue weighted by Gasteiger charge is -2.05. The van der Waals surface area contributed by atoms with E-state index in [2.05, 4.69) is 0 Å². The second-order valence-electron chi connectivity index (χ2n) is 4.06. The van der Waals surface area contributed by atoms with Crippen LogP contribution in [0.3, 0.4) is 0 Å². The zero-order valence-electron chi connectivity index (χ0n) is 11.1. The number of ketones is 1. The Kier molecular flexibility index (Phi) is 6.22. The first-order valence-corrected chi connectivity index (χ1v) is 6.07. The molecule has 6 nitrogen and oxygen atoms in total. The zero-order valence-corrected chi connectivity index (χ0v) is 11.1. The molecule has 0 bridgehead atoms. The number of carboxylic acid groups (broad SMARTS) is 1. The Morgan fingerprint density at radius 2 is 1.75 bits per heavy atom. The maximum absolute atomic E-state index is 11.7. The molecule has 1 rings (SSSR count). The van der Waals surface area contributed by atoms with E-state index in [9.17, 15) is 14.4 Å². The van der Waals surface area contributed by atoms with Crippen LogP contribution in [-0.2, 0) is 14.3 Å². The highest BCUT2D eigenvalue weighted by atomic mass is 16.5. The number of hydrogen-bond acceptors (Lipinski definition) is 5. The van der Waals surface area contributed by atoms with Crippen molar-refractivity contribution in [2.24, 2.45) is 0 Å². The van der Waals surface area contributed by atoms with Crippen LogP contribution < -0.4 is 4.74 Å². The first-order valence-electron chi connectivity index (χ1n) is 6.07. The highest BCUT2D eigenvalue weighted by Gasteiger charge is 2.10. The molecule has 0 aromatic heterocycles. The summed E-state index contributed by atoms with van der Waals surface area (Å²) >= 11 is 0. The number of rotatable bonds is 8. The third kappa shape index (κ3) is 5.51. The number of Topliss-reactive ketones (excluding diaryl/α,β-unsaturated/α-hetero) is 1. The third-order valence-electron chi connectivity index (χ3n) is 2.55. The summed E-state index contributed by atoms with van der Waals surface area (Å²) in [5.41, 5.74) is 0.420. The minimum Gasteiger partial charge on any atom is -0.497 e. The predicted molar refractivity (Wildman–Crippen MR) is 69.8 cm³/mol. The zero-order chi connectivity index (χ0) is 15.0. The number of hydrogen-bond donors (Lipinski definition) is 1. The van der Waals surface area contributed by atoms with Gasteiger partial charge in [0.25, 0.3) is 0 Å². The summed E-state index contributed by atoms with van der Waals surface area (Å²) in [4.78, 5) is 33.3. The number of carbonyl (C=O) groups excluding carboxylic acids is 2. The summed E-state index contributed by atoms with van der Waals surface area (Å²) in [6.07, 6.45) is 0.0919. The molecule has 0 heterocycles. The van der Waals surface area contributed by atoms with E-state index in [1.165, 1.54) is 7.11 Å². The predicted octanol–water partition coefficient (Wildman–Crippen LogP) is 1.68. The van der Waals surface area contributed by atoms with Gasteiger partial charge in [-0.1, -0.05) is 0 Å². The van der Waals surface area contributed by atoms with E-state index < -0.39 is 11.9 Å². The maximum atomic E-state index is 11.7. The lowest BCUT2D eigenvalue weighted by molar-refractivity contribution is -0.143. The van der Waals surface area contributed by atoms with Gasteiger partial charge in [-0.25, -0.2) is 0 Å². The average Bonchev–Trinajstić information content (AvgIpc) is 2.44. The molecule has 0 aliphatic rings. The third-order valence-corrected chi connectivity index (χ3v) is 2.55. The molecule has 6 heteroatoms. The van der Waals surface area contributed by atoms with Crippen molar-refractivity contribution in [3.05, 3.63) is 29.8 Å². The Morgan fingerprint density at radius 1 is 1.10 bits per heavy atom. The van der Waals surface area contributed by atoms with Crippen LogP contribution in [0.2, 0.25) is 0 Å². The summed E-state index contributed by atoms with van der Waals surface area (Å²) in [7, 11) is 1.52. The molecule has 0 atom stereocenters. The van der Waals surface area contributed by atoms with E-state index in [1.807, 2.05) is 0 Å². The number of benzene rings is 1. The molecular formula is C14H16O6. The van der Waals surface area contributed by atoms with E-state index in [4.69, 9.17) is 14.6 Å². The average molecular weight is 280 g/mol. The Hall–Kier alpha value is -2.37. The SMILES string of the molecule is COc1ccc(C(=O)COC(=O)CCCC(=O)O)cc1. The molecule has 0 fully saturated rings. The molecule has 0 aliphatic heterocycles. The van der Waals surface area contributed by atoms with Gasteiger partial charge in [-0.3, -0.25) is 14.4 Å². The highest BCUT2D eigenvalue weighted by molar-refractivity contribution is 5.98. The fourth-order valence-electron chi connectivity index (χ4n) is 1.46. The molecule has 0 unspecified atom stereocenters. The van der Waals surface area contributed by atoms with E-state index in [1.54, 1.807) is 24.3 Å².